The summed E-state index contributed by atoms with van der Waals surface area (Å²) in [6, 6.07) is 7.09. The lowest BCUT2D eigenvalue weighted by Crippen LogP contribution is -2.64. The van der Waals surface area contributed by atoms with Crippen LogP contribution in [0.1, 0.15) is 113 Å². The summed E-state index contributed by atoms with van der Waals surface area (Å²) < 4.78 is 60.0. The van der Waals surface area contributed by atoms with Crippen LogP contribution in [0.15, 0.2) is 48.6 Å². The van der Waals surface area contributed by atoms with Crippen LogP contribution >= 0.6 is 12.2 Å². The van der Waals surface area contributed by atoms with Crippen LogP contribution in [0.5, 0.6) is 28.7 Å². The summed E-state index contributed by atoms with van der Waals surface area (Å²) in [7, 11) is 2.90. The molecular formula is C47H63NO13S. The van der Waals surface area contributed by atoms with Gasteiger partial charge >= 0.3 is 5.97 Å². The van der Waals surface area contributed by atoms with Crippen LogP contribution in [0, 0.1) is 11.8 Å². The van der Waals surface area contributed by atoms with Gasteiger partial charge < -0.3 is 62.9 Å². The third kappa shape index (κ3) is 10.6. The molecule has 62 heavy (non-hydrogen) atoms. The van der Waals surface area contributed by atoms with Crippen molar-refractivity contribution in [1.82, 2.24) is 5.32 Å². The Morgan fingerprint density at radius 2 is 1.55 bits per heavy atom. The highest BCUT2D eigenvalue weighted by molar-refractivity contribution is 7.80. The van der Waals surface area contributed by atoms with Crippen molar-refractivity contribution in [2.45, 2.75) is 133 Å². The first-order valence-electron chi connectivity index (χ1n) is 22.3. The normalized spacial score (nSPS) is 28.6. The van der Waals surface area contributed by atoms with E-state index in [9.17, 15) is 15.0 Å². The molecule has 0 saturated carbocycles. The van der Waals surface area contributed by atoms with E-state index in [4.69, 9.17) is 59.6 Å². The highest BCUT2D eigenvalue weighted by Gasteiger charge is 2.57. The molecule has 2 aromatic rings. The van der Waals surface area contributed by atoms with Gasteiger partial charge in [0.05, 0.1) is 39.5 Å². The molecule has 2 aromatic carbocycles. The van der Waals surface area contributed by atoms with Crippen molar-refractivity contribution < 1.29 is 62.4 Å². The number of aliphatic hydroxyl groups excluding tert-OH is 1. The summed E-state index contributed by atoms with van der Waals surface area (Å²) in [5.41, 5.74) is 2.08. The Bertz CT molecular complexity index is 1860. The summed E-state index contributed by atoms with van der Waals surface area (Å²) in [4.78, 5) is 13.8. The number of rotatable bonds is 20. The largest absolute Gasteiger partial charge is 0.502 e. The number of fused-ring (bicyclic) bond motifs is 4. The molecule has 14 nitrogen and oxygen atoms in total. The van der Waals surface area contributed by atoms with Crippen LogP contribution in [0.3, 0.4) is 0 Å². The first-order chi connectivity index (χ1) is 30.2. The van der Waals surface area contributed by atoms with Gasteiger partial charge in [-0.25, -0.2) is 0 Å². The summed E-state index contributed by atoms with van der Waals surface area (Å²) in [6.07, 6.45) is 15.3. The predicted octanol–water partition coefficient (Wildman–Crippen LogP) is 7.66. The first-order valence-corrected chi connectivity index (χ1v) is 22.7. The second-order valence-electron chi connectivity index (χ2n) is 16.5. The second kappa shape index (κ2) is 22.0. The van der Waals surface area contributed by atoms with Crippen molar-refractivity contribution in [3.05, 3.63) is 65.3 Å². The number of ether oxygens (including phenoxy) is 10. The van der Waals surface area contributed by atoms with Gasteiger partial charge in [-0.3, -0.25) is 4.79 Å². The Labute approximate surface area is 370 Å². The van der Waals surface area contributed by atoms with Crippen molar-refractivity contribution in [2.24, 2.45) is 11.8 Å². The standard InChI is InChI=1S/C47H63NO13S/c1-5-6-7-8-9-10-11-12-13-14-15-16-17-18-19-20-48-47(62)61-44-41(50)43-37(26-54-28(2)58-43)59-46(44)60-42-31-24-34-33(56-27-57-34)23-30(31)38(39-32(42)25-55-45(39)51)29-21-35(52-3)40(49)36(22-29)53-4/h8-9,11-12,21-24,28,32,37-39,41-44,46,49-50H,5-7,10,13-20,25-27H2,1-4H3,(H,48,62)/t28-,32+,37-,38-,39+,41+,42-,43-,44?,46+/m1/s1. The fourth-order valence-electron chi connectivity index (χ4n) is 9.13. The molecule has 10 atom stereocenters. The topological polar surface area (TPSA) is 162 Å². The molecule has 3 saturated heterocycles. The number of aliphatic hydroxyl groups is 1. The molecule has 3 N–H and O–H groups in total. The van der Waals surface area contributed by atoms with Gasteiger partial charge in [-0.1, -0.05) is 69.8 Å². The van der Waals surface area contributed by atoms with Crippen molar-refractivity contribution in [3.8, 4) is 28.7 Å². The van der Waals surface area contributed by atoms with E-state index >= 15 is 0 Å². The molecule has 1 unspecified atom stereocenters. The van der Waals surface area contributed by atoms with Crippen LogP contribution in [0.4, 0.5) is 0 Å². The number of esters is 1. The minimum absolute atomic E-state index is 0.0273. The number of cyclic esters (lactones) is 1. The van der Waals surface area contributed by atoms with Crippen molar-refractivity contribution >= 4 is 23.4 Å². The van der Waals surface area contributed by atoms with Crippen LogP contribution < -0.4 is 24.3 Å². The zero-order chi connectivity index (χ0) is 43.6. The van der Waals surface area contributed by atoms with E-state index in [0.29, 0.717) is 34.7 Å². The van der Waals surface area contributed by atoms with Gasteiger partial charge in [0.1, 0.15) is 18.3 Å². The third-order valence-corrected chi connectivity index (χ3v) is 12.6. The smallest absolute Gasteiger partial charge is 0.310 e. The van der Waals surface area contributed by atoms with Gasteiger partial charge in [0, 0.05) is 18.4 Å². The molecule has 5 aliphatic rings. The number of phenols is 1. The van der Waals surface area contributed by atoms with E-state index in [1.54, 1.807) is 19.1 Å². The van der Waals surface area contributed by atoms with Gasteiger partial charge in [0.25, 0.3) is 5.17 Å². The molecule has 0 radical (unpaired) electrons. The van der Waals surface area contributed by atoms with Crippen molar-refractivity contribution in [2.75, 3.05) is 40.8 Å². The maximum Gasteiger partial charge on any atom is 0.310 e. The molecule has 0 amide bonds. The number of aromatic hydroxyl groups is 1. The fraction of sp³-hybridized carbons (Fsp3) is 0.617. The number of phenolic OH excluding ortho intramolecular Hbond substituents is 1. The number of thiocarbonyl (C=S) groups is 1. The number of carbonyl (C=O) groups excluding carboxylic acids is 1. The summed E-state index contributed by atoms with van der Waals surface area (Å²) in [5, 5.41) is 26.0. The van der Waals surface area contributed by atoms with Gasteiger partial charge in [-0.2, -0.15) is 0 Å². The quantitative estimate of drug-likeness (QED) is 0.0514. The Balaban J connectivity index is 1.03. The van der Waals surface area contributed by atoms with E-state index in [1.165, 1.54) is 52.7 Å². The Hall–Kier alpha value is -4.12. The summed E-state index contributed by atoms with van der Waals surface area (Å²) >= 11 is 5.68. The van der Waals surface area contributed by atoms with Gasteiger partial charge in [-0.05, 0) is 92.2 Å². The molecule has 3 fully saturated rings. The molecule has 0 spiro atoms. The van der Waals surface area contributed by atoms with E-state index in [0.717, 1.165) is 32.1 Å². The predicted molar refractivity (Wildman–Crippen MR) is 233 cm³/mol. The van der Waals surface area contributed by atoms with Crippen LogP contribution in [0.2, 0.25) is 0 Å². The lowest BCUT2D eigenvalue weighted by molar-refractivity contribution is -0.362. The van der Waals surface area contributed by atoms with E-state index in [1.807, 2.05) is 12.1 Å². The average Bonchev–Trinajstić information content (AvgIpc) is 3.90. The Kier molecular flexibility index (Phi) is 16.3. The Morgan fingerprint density at radius 3 is 2.26 bits per heavy atom. The molecular weight excluding hydrogens is 819 g/mol. The van der Waals surface area contributed by atoms with Gasteiger partial charge in [0.2, 0.25) is 12.5 Å². The second-order valence-corrected chi connectivity index (χ2v) is 16.9. The minimum atomic E-state index is -1.20. The van der Waals surface area contributed by atoms with E-state index < -0.39 is 66.8 Å². The number of unbranched alkanes of at least 4 members (excludes halogenated alkanes) is 8. The molecule has 340 valence electrons. The zero-order valence-corrected chi connectivity index (χ0v) is 37.1. The fourth-order valence-corrected chi connectivity index (χ4v) is 9.34. The average molecular weight is 882 g/mol. The number of carbonyl (C=O) groups is 1. The molecule has 0 aromatic heterocycles. The summed E-state index contributed by atoms with van der Waals surface area (Å²) in [6.45, 7) is 4.82. The highest BCUT2D eigenvalue weighted by Crippen LogP contribution is 2.57. The lowest BCUT2D eigenvalue weighted by atomic mass is 9.66. The van der Waals surface area contributed by atoms with Crippen molar-refractivity contribution in [1.29, 1.82) is 0 Å². The summed E-state index contributed by atoms with van der Waals surface area (Å²) in [5.74, 6) is -1.01. The number of hydrogen-bond acceptors (Lipinski definition) is 14. The molecule has 15 heteroatoms. The lowest BCUT2D eigenvalue weighted by Gasteiger charge is -2.48. The first kappa shape index (κ1) is 45.9. The molecule has 0 bridgehead atoms. The minimum Gasteiger partial charge on any atom is -0.502 e. The van der Waals surface area contributed by atoms with Crippen molar-refractivity contribution in [3.63, 3.8) is 0 Å². The molecule has 4 heterocycles. The number of nitrogens with one attached hydrogen (secondary N) is 1. The number of benzene rings is 2. The van der Waals surface area contributed by atoms with Crippen LogP contribution in [-0.4, -0.2) is 99.1 Å². The van der Waals surface area contributed by atoms with Gasteiger partial charge in [0.15, 0.2) is 41.7 Å². The highest BCUT2D eigenvalue weighted by atomic mass is 32.1. The number of hydrogen-bond donors (Lipinski definition) is 3. The van der Waals surface area contributed by atoms with E-state index in [-0.39, 0.29) is 42.4 Å². The van der Waals surface area contributed by atoms with Crippen LogP contribution in [-0.2, 0) is 33.2 Å². The SMILES string of the molecule is CCCCC=CCC=CCCCCCCCCNC(=S)OC1[C@H](O[C@@H]2c3cc4c(cc3[C@@H](c3cc(OC)c(O)c(OC)c3)[C@H]3C(=O)OC[C@@H]32)OCO4)O[C@@H]2CO[C@@H](C)O[C@H]2[C@@H]1O. The molecule has 7 rings (SSSR count). The molecule has 4 aliphatic heterocycles. The molecule has 1 aliphatic carbocycles. The number of allylic oxidation sites excluding steroid dienone is 4. The Morgan fingerprint density at radius 1 is 0.871 bits per heavy atom. The van der Waals surface area contributed by atoms with Gasteiger partial charge in [-0.15, -0.1) is 0 Å². The van der Waals surface area contributed by atoms with E-state index in [2.05, 4.69) is 36.5 Å². The maximum atomic E-state index is 13.8. The maximum absolute atomic E-state index is 13.8. The zero-order valence-electron chi connectivity index (χ0n) is 36.3. The van der Waals surface area contributed by atoms with Crippen LogP contribution in [0.25, 0.3) is 0 Å². The number of methoxy groups -OCH3 is 2. The monoisotopic (exact) mass is 881 g/mol. The third-order valence-electron chi connectivity index (χ3n) is 12.4.